The number of aromatic nitrogens is 4. The Kier molecular flexibility index (Phi) is 3.54. The minimum atomic E-state index is 0.643. The zero-order valence-corrected chi connectivity index (χ0v) is 12.9. The number of hydrogen-bond acceptors (Lipinski definition) is 4. The molecular formula is C13H18N4S2. The van der Waals surface area contributed by atoms with E-state index in [1.807, 2.05) is 0 Å². The van der Waals surface area contributed by atoms with E-state index in [9.17, 15) is 0 Å². The highest BCUT2D eigenvalue weighted by Crippen LogP contribution is 2.45. The normalized spacial score (nSPS) is 15.1. The summed E-state index contributed by atoms with van der Waals surface area (Å²) in [7, 11) is 0. The van der Waals surface area contributed by atoms with E-state index in [1.165, 1.54) is 23.4 Å². The smallest absolute Gasteiger partial charge is 0.195 e. The van der Waals surface area contributed by atoms with Crippen molar-refractivity contribution < 1.29 is 0 Å². The highest BCUT2D eigenvalue weighted by Gasteiger charge is 2.31. The molecule has 2 aromatic rings. The second-order valence-corrected chi connectivity index (χ2v) is 6.67. The Morgan fingerprint density at radius 1 is 1.47 bits per heavy atom. The van der Waals surface area contributed by atoms with Gasteiger partial charge in [-0.15, -0.1) is 11.3 Å². The number of aromatic amines is 1. The van der Waals surface area contributed by atoms with Crippen LogP contribution in [0, 0.1) is 11.7 Å². The molecule has 1 aliphatic rings. The minimum Gasteiger partial charge on any atom is -0.299 e. The number of unbranched alkanes of at least 4 members (excludes halogenated alkanes) is 1. The van der Waals surface area contributed by atoms with Crippen molar-refractivity contribution in [2.45, 2.75) is 52.0 Å². The lowest BCUT2D eigenvalue weighted by atomic mass is 10.2. The molecule has 1 N–H and O–H groups in total. The van der Waals surface area contributed by atoms with Gasteiger partial charge in [0.2, 0.25) is 0 Å². The summed E-state index contributed by atoms with van der Waals surface area (Å²) in [6.45, 7) is 5.19. The van der Waals surface area contributed by atoms with Gasteiger partial charge < -0.3 is 0 Å². The van der Waals surface area contributed by atoms with Gasteiger partial charge in [-0.2, -0.15) is 5.10 Å². The van der Waals surface area contributed by atoms with Crippen molar-refractivity contribution in [2.75, 3.05) is 0 Å². The standard InChI is InChI=1S/C13H18N4S2/c1-3-4-7-17-12(15-16-13(17)18)11-10(9-5-6-9)14-8(2)19-11/h9H,3-7H2,1-2H3,(H,16,18). The third-order valence-electron chi connectivity index (χ3n) is 3.42. The van der Waals surface area contributed by atoms with E-state index in [0.717, 1.165) is 35.0 Å². The first-order chi connectivity index (χ1) is 9.20. The molecule has 1 saturated carbocycles. The molecule has 0 aromatic carbocycles. The Bertz CT molecular complexity index is 633. The molecule has 0 spiro atoms. The molecule has 0 unspecified atom stereocenters. The number of nitrogens with zero attached hydrogens (tertiary/aromatic N) is 3. The molecule has 0 amide bonds. The zero-order chi connectivity index (χ0) is 13.4. The number of H-pyrrole nitrogens is 1. The molecule has 3 rings (SSSR count). The molecule has 4 nitrogen and oxygen atoms in total. The largest absolute Gasteiger partial charge is 0.299 e. The molecule has 0 bridgehead atoms. The lowest BCUT2D eigenvalue weighted by Crippen LogP contribution is -2.01. The van der Waals surface area contributed by atoms with Crippen molar-refractivity contribution >= 4 is 23.6 Å². The fraction of sp³-hybridized carbons (Fsp3) is 0.615. The van der Waals surface area contributed by atoms with Crippen LogP contribution in [0.2, 0.25) is 0 Å². The topological polar surface area (TPSA) is 46.5 Å². The van der Waals surface area contributed by atoms with Gasteiger partial charge in [-0.3, -0.25) is 9.67 Å². The maximum Gasteiger partial charge on any atom is 0.195 e. The lowest BCUT2D eigenvalue weighted by molar-refractivity contribution is 0.629. The van der Waals surface area contributed by atoms with E-state index < -0.39 is 0 Å². The number of rotatable bonds is 5. The summed E-state index contributed by atoms with van der Waals surface area (Å²) >= 11 is 7.08. The summed E-state index contributed by atoms with van der Waals surface area (Å²) in [4.78, 5) is 5.91. The molecular weight excluding hydrogens is 276 g/mol. The summed E-state index contributed by atoms with van der Waals surface area (Å²) in [5, 5.41) is 8.49. The first-order valence-corrected chi connectivity index (χ1v) is 8.06. The van der Waals surface area contributed by atoms with E-state index in [4.69, 9.17) is 17.2 Å². The highest BCUT2D eigenvalue weighted by atomic mass is 32.1. The second-order valence-electron chi connectivity index (χ2n) is 5.08. The molecule has 1 fully saturated rings. The maximum absolute atomic E-state index is 5.35. The van der Waals surface area contributed by atoms with Crippen molar-refractivity contribution in [3.63, 3.8) is 0 Å². The van der Waals surface area contributed by atoms with Crippen molar-refractivity contribution in [1.29, 1.82) is 0 Å². The van der Waals surface area contributed by atoms with Crippen LogP contribution in [0.1, 0.15) is 49.2 Å². The average Bonchev–Trinajstić information content (AvgIpc) is 3.07. The maximum atomic E-state index is 5.35. The quantitative estimate of drug-likeness (QED) is 0.846. The van der Waals surface area contributed by atoms with E-state index >= 15 is 0 Å². The zero-order valence-electron chi connectivity index (χ0n) is 11.3. The Morgan fingerprint density at radius 3 is 2.95 bits per heavy atom. The number of thiazole rings is 1. The van der Waals surface area contributed by atoms with E-state index in [1.54, 1.807) is 11.3 Å². The van der Waals surface area contributed by atoms with Crippen molar-refractivity contribution in [1.82, 2.24) is 19.7 Å². The summed E-state index contributed by atoms with van der Waals surface area (Å²) in [5.41, 5.74) is 1.23. The number of aryl methyl sites for hydroxylation is 1. The minimum absolute atomic E-state index is 0.643. The van der Waals surface area contributed by atoms with Crippen LogP contribution in [0.5, 0.6) is 0 Å². The molecule has 6 heteroatoms. The van der Waals surface area contributed by atoms with Gasteiger partial charge in [0.1, 0.15) is 0 Å². The van der Waals surface area contributed by atoms with Crippen molar-refractivity contribution in [3.8, 4) is 10.7 Å². The molecule has 19 heavy (non-hydrogen) atoms. The predicted molar refractivity (Wildman–Crippen MR) is 80.1 cm³/mol. The van der Waals surface area contributed by atoms with Crippen LogP contribution < -0.4 is 0 Å². The third kappa shape index (κ3) is 2.51. The molecule has 0 saturated heterocycles. The number of nitrogens with one attached hydrogen (secondary N) is 1. The molecule has 2 aromatic heterocycles. The Balaban J connectivity index is 2.04. The van der Waals surface area contributed by atoms with Gasteiger partial charge in [0.25, 0.3) is 0 Å². The first-order valence-electron chi connectivity index (χ1n) is 6.83. The summed E-state index contributed by atoms with van der Waals surface area (Å²) in [6, 6.07) is 0. The van der Waals surface area contributed by atoms with Gasteiger partial charge in [-0.05, 0) is 38.4 Å². The van der Waals surface area contributed by atoms with Crippen LogP contribution in [-0.2, 0) is 6.54 Å². The average molecular weight is 294 g/mol. The molecule has 2 heterocycles. The first kappa shape index (κ1) is 13.0. The monoisotopic (exact) mass is 294 g/mol. The van der Waals surface area contributed by atoms with Gasteiger partial charge in [0.05, 0.1) is 15.6 Å². The Hall–Kier alpha value is -1.01. The van der Waals surface area contributed by atoms with E-state index in [2.05, 4.69) is 28.6 Å². The summed E-state index contributed by atoms with van der Waals surface area (Å²) < 4.78 is 2.84. The van der Waals surface area contributed by atoms with Crippen molar-refractivity contribution in [3.05, 3.63) is 15.5 Å². The lowest BCUT2D eigenvalue weighted by Gasteiger charge is -2.05. The van der Waals surface area contributed by atoms with Crippen LogP contribution in [0.15, 0.2) is 0 Å². The Morgan fingerprint density at radius 2 is 2.26 bits per heavy atom. The van der Waals surface area contributed by atoms with Crippen LogP contribution in [0.4, 0.5) is 0 Å². The highest BCUT2D eigenvalue weighted by molar-refractivity contribution is 7.71. The third-order valence-corrected chi connectivity index (χ3v) is 4.72. The number of hydrogen-bond donors (Lipinski definition) is 1. The second kappa shape index (κ2) is 5.17. The summed E-state index contributed by atoms with van der Waals surface area (Å²) in [6.07, 6.45) is 4.80. The molecule has 0 aliphatic heterocycles. The van der Waals surface area contributed by atoms with Crippen LogP contribution in [-0.4, -0.2) is 19.7 Å². The van der Waals surface area contributed by atoms with Gasteiger partial charge in [0.15, 0.2) is 10.6 Å². The molecule has 0 atom stereocenters. The molecule has 102 valence electrons. The van der Waals surface area contributed by atoms with Crippen molar-refractivity contribution in [2.24, 2.45) is 0 Å². The fourth-order valence-corrected chi connectivity index (χ4v) is 3.48. The van der Waals surface area contributed by atoms with E-state index in [0.29, 0.717) is 5.92 Å². The predicted octanol–water partition coefficient (Wildman–Crippen LogP) is 4.05. The molecule has 0 radical (unpaired) electrons. The Labute approximate surface area is 121 Å². The van der Waals surface area contributed by atoms with Crippen LogP contribution in [0.25, 0.3) is 10.7 Å². The van der Waals surface area contributed by atoms with Crippen LogP contribution in [0.3, 0.4) is 0 Å². The fourth-order valence-electron chi connectivity index (χ4n) is 2.25. The van der Waals surface area contributed by atoms with Gasteiger partial charge in [-0.1, -0.05) is 13.3 Å². The summed E-state index contributed by atoms with van der Waals surface area (Å²) in [5.74, 6) is 1.62. The van der Waals surface area contributed by atoms with Gasteiger partial charge in [0, 0.05) is 12.5 Å². The van der Waals surface area contributed by atoms with Gasteiger partial charge in [-0.25, -0.2) is 4.98 Å². The van der Waals surface area contributed by atoms with E-state index in [-0.39, 0.29) is 0 Å². The SMILES string of the molecule is CCCCn1c(-c2sc(C)nc2C2CC2)n[nH]c1=S. The van der Waals surface area contributed by atoms with Crippen LogP contribution >= 0.6 is 23.6 Å². The van der Waals surface area contributed by atoms with Gasteiger partial charge >= 0.3 is 0 Å². The molecule has 1 aliphatic carbocycles.